The van der Waals surface area contributed by atoms with Crippen LogP contribution in [-0.2, 0) is 0 Å². The van der Waals surface area contributed by atoms with E-state index in [-0.39, 0.29) is 0 Å². The summed E-state index contributed by atoms with van der Waals surface area (Å²) < 4.78 is 0. The Morgan fingerprint density at radius 3 is 2.41 bits per heavy atom. The molecule has 0 bridgehead atoms. The fraction of sp³-hybridized carbons (Fsp3) is 0.600. The number of rotatable bonds is 1. The van der Waals surface area contributed by atoms with Gasteiger partial charge in [0.25, 0.3) is 0 Å². The summed E-state index contributed by atoms with van der Waals surface area (Å²) in [5.74, 6) is 0.707. The van der Waals surface area contributed by atoms with Crippen LogP contribution >= 0.6 is 0 Å². The van der Waals surface area contributed by atoms with Gasteiger partial charge in [-0.3, -0.25) is 0 Å². The Balaban J connectivity index is 2.35. The molecule has 1 saturated heterocycles. The standard InChI is InChI=1S/C15H24N2/c1-11-8-16-9-14(4)17(10-11)15-12(2)6-5-7-13(15)3/h5-7,11,14,16H,8-10H2,1-4H3. The molecule has 2 rings (SSSR count). The Kier molecular flexibility index (Phi) is 3.72. The van der Waals surface area contributed by atoms with Gasteiger partial charge >= 0.3 is 0 Å². The number of nitrogens with zero attached hydrogens (tertiary/aromatic N) is 1. The van der Waals surface area contributed by atoms with Crippen molar-refractivity contribution < 1.29 is 0 Å². The topological polar surface area (TPSA) is 15.3 Å². The molecule has 1 aromatic carbocycles. The molecule has 1 N–H and O–H groups in total. The lowest BCUT2D eigenvalue weighted by molar-refractivity contribution is 0.563. The molecule has 1 aliphatic heterocycles. The van der Waals surface area contributed by atoms with Crippen LogP contribution in [0.25, 0.3) is 0 Å². The summed E-state index contributed by atoms with van der Waals surface area (Å²) in [4.78, 5) is 2.58. The van der Waals surface area contributed by atoms with E-state index in [1.807, 2.05) is 0 Å². The number of anilines is 1. The molecule has 94 valence electrons. The molecule has 0 aromatic heterocycles. The highest BCUT2D eigenvalue weighted by atomic mass is 15.2. The fourth-order valence-electron chi connectivity index (χ4n) is 2.80. The Bertz CT molecular complexity index is 366. The third-order valence-corrected chi connectivity index (χ3v) is 3.70. The minimum absolute atomic E-state index is 0.569. The first-order chi connectivity index (χ1) is 8.09. The summed E-state index contributed by atoms with van der Waals surface area (Å²) in [5.41, 5.74) is 4.23. The molecule has 0 radical (unpaired) electrons. The quantitative estimate of drug-likeness (QED) is 0.801. The SMILES string of the molecule is Cc1cccc(C)c1N1CC(C)CNCC1C. The molecule has 0 aliphatic carbocycles. The molecule has 0 saturated carbocycles. The van der Waals surface area contributed by atoms with Crippen LogP contribution in [0.2, 0.25) is 0 Å². The summed E-state index contributed by atoms with van der Waals surface area (Å²) in [7, 11) is 0. The number of hydrogen-bond acceptors (Lipinski definition) is 2. The van der Waals surface area contributed by atoms with Gasteiger partial charge in [0.2, 0.25) is 0 Å². The molecule has 2 nitrogen and oxygen atoms in total. The van der Waals surface area contributed by atoms with Crippen LogP contribution in [-0.4, -0.2) is 25.7 Å². The second kappa shape index (κ2) is 5.09. The third kappa shape index (κ3) is 2.63. The zero-order valence-electron chi connectivity index (χ0n) is 11.5. The molecule has 2 atom stereocenters. The first-order valence-electron chi connectivity index (χ1n) is 6.63. The van der Waals surface area contributed by atoms with Crippen LogP contribution in [0.1, 0.15) is 25.0 Å². The van der Waals surface area contributed by atoms with Crippen LogP contribution in [0.3, 0.4) is 0 Å². The van der Waals surface area contributed by atoms with E-state index < -0.39 is 0 Å². The number of hydrogen-bond donors (Lipinski definition) is 1. The molecular weight excluding hydrogens is 208 g/mol. The molecule has 0 amide bonds. The highest BCUT2D eigenvalue weighted by Gasteiger charge is 2.22. The van der Waals surface area contributed by atoms with Crippen LogP contribution in [0.5, 0.6) is 0 Å². The van der Waals surface area contributed by atoms with Gasteiger partial charge in [-0.15, -0.1) is 0 Å². The van der Waals surface area contributed by atoms with E-state index in [1.54, 1.807) is 0 Å². The molecule has 17 heavy (non-hydrogen) atoms. The maximum atomic E-state index is 3.54. The molecule has 1 aromatic rings. The normalized spacial score (nSPS) is 25.8. The van der Waals surface area contributed by atoms with Gasteiger partial charge in [0, 0.05) is 24.8 Å². The van der Waals surface area contributed by atoms with E-state index >= 15 is 0 Å². The summed E-state index contributed by atoms with van der Waals surface area (Å²) >= 11 is 0. The molecule has 2 unspecified atom stereocenters. The number of para-hydroxylation sites is 1. The molecule has 1 heterocycles. The van der Waals surface area contributed by atoms with Crippen LogP contribution < -0.4 is 10.2 Å². The second-order valence-electron chi connectivity index (χ2n) is 5.51. The lowest BCUT2D eigenvalue weighted by Crippen LogP contribution is -2.38. The zero-order valence-corrected chi connectivity index (χ0v) is 11.5. The van der Waals surface area contributed by atoms with Crippen molar-refractivity contribution in [1.29, 1.82) is 0 Å². The van der Waals surface area contributed by atoms with E-state index in [1.165, 1.54) is 16.8 Å². The third-order valence-electron chi connectivity index (χ3n) is 3.70. The van der Waals surface area contributed by atoms with Gasteiger partial charge in [-0.25, -0.2) is 0 Å². The van der Waals surface area contributed by atoms with E-state index in [0.29, 0.717) is 12.0 Å². The van der Waals surface area contributed by atoms with Crippen molar-refractivity contribution in [2.75, 3.05) is 24.5 Å². The maximum absolute atomic E-state index is 3.54. The van der Waals surface area contributed by atoms with Gasteiger partial charge in [-0.2, -0.15) is 0 Å². The lowest BCUT2D eigenvalue weighted by Gasteiger charge is -2.33. The van der Waals surface area contributed by atoms with E-state index in [4.69, 9.17) is 0 Å². The van der Waals surface area contributed by atoms with Crippen LogP contribution in [0.4, 0.5) is 5.69 Å². The Hall–Kier alpha value is -1.02. The molecule has 0 spiro atoms. The van der Waals surface area contributed by atoms with E-state index in [2.05, 4.69) is 56.1 Å². The van der Waals surface area contributed by atoms with Crippen LogP contribution in [0.15, 0.2) is 18.2 Å². The van der Waals surface area contributed by atoms with Crippen molar-refractivity contribution >= 4 is 5.69 Å². The number of benzene rings is 1. The van der Waals surface area contributed by atoms with Gasteiger partial charge in [-0.1, -0.05) is 25.1 Å². The Labute approximate surface area is 105 Å². The van der Waals surface area contributed by atoms with Gasteiger partial charge < -0.3 is 10.2 Å². The van der Waals surface area contributed by atoms with Gasteiger partial charge in [-0.05, 0) is 44.4 Å². The number of aryl methyl sites for hydroxylation is 2. The summed E-state index contributed by atoms with van der Waals surface area (Å²) in [6.45, 7) is 12.4. The van der Waals surface area contributed by atoms with Gasteiger partial charge in [0.05, 0.1) is 0 Å². The van der Waals surface area contributed by atoms with Gasteiger partial charge in [0.15, 0.2) is 0 Å². The van der Waals surface area contributed by atoms with Crippen molar-refractivity contribution in [3.8, 4) is 0 Å². The van der Waals surface area contributed by atoms with Crippen LogP contribution in [0, 0.1) is 19.8 Å². The zero-order chi connectivity index (χ0) is 12.4. The minimum Gasteiger partial charge on any atom is -0.367 e. The van der Waals surface area contributed by atoms with Crippen molar-refractivity contribution in [3.63, 3.8) is 0 Å². The molecular formula is C15H24N2. The van der Waals surface area contributed by atoms with E-state index in [9.17, 15) is 0 Å². The van der Waals surface area contributed by atoms with Crippen molar-refractivity contribution in [2.45, 2.75) is 33.7 Å². The highest BCUT2D eigenvalue weighted by Crippen LogP contribution is 2.27. The number of nitrogens with one attached hydrogen (secondary N) is 1. The van der Waals surface area contributed by atoms with E-state index in [0.717, 1.165) is 19.6 Å². The monoisotopic (exact) mass is 232 g/mol. The average molecular weight is 232 g/mol. The van der Waals surface area contributed by atoms with Crippen molar-refractivity contribution in [3.05, 3.63) is 29.3 Å². The predicted octanol–water partition coefficient (Wildman–Crippen LogP) is 2.74. The maximum Gasteiger partial charge on any atom is 0.0428 e. The molecule has 1 fully saturated rings. The Morgan fingerprint density at radius 1 is 1.12 bits per heavy atom. The first kappa shape index (κ1) is 12.4. The summed E-state index contributed by atoms with van der Waals surface area (Å²) in [6, 6.07) is 7.16. The Morgan fingerprint density at radius 2 is 1.76 bits per heavy atom. The average Bonchev–Trinajstić information content (AvgIpc) is 2.41. The summed E-state index contributed by atoms with van der Waals surface area (Å²) in [5, 5.41) is 3.54. The lowest BCUT2D eigenvalue weighted by atomic mass is 10.0. The predicted molar refractivity (Wildman–Crippen MR) is 74.8 cm³/mol. The fourth-order valence-corrected chi connectivity index (χ4v) is 2.80. The highest BCUT2D eigenvalue weighted by molar-refractivity contribution is 5.59. The minimum atomic E-state index is 0.569. The largest absolute Gasteiger partial charge is 0.367 e. The second-order valence-corrected chi connectivity index (χ2v) is 5.51. The first-order valence-corrected chi connectivity index (χ1v) is 6.63. The molecule has 2 heteroatoms. The van der Waals surface area contributed by atoms with Gasteiger partial charge in [0.1, 0.15) is 0 Å². The molecule has 1 aliphatic rings. The van der Waals surface area contributed by atoms with Crippen molar-refractivity contribution in [1.82, 2.24) is 5.32 Å². The smallest absolute Gasteiger partial charge is 0.0428 e. The van der Waals surface area contributed by atoms with Crippen molar-refractivity contribution in [2.24, 2.45) is 5.92 Å². The summed E-state index contributed by atoms with van der Waals surface area (Å²) in [6.07, 6.45) is 0.